The first-order valence-electron chi connectivity index (χ1n) is 7.81. The molecule has 7 heteroatoms. The number of thiazole rings is 1. The van der Waals surface area contributed by atoms with Crippen LogP contribution in [-0.2, 0) is 4.79 Å². The summed E-state index contributed by atoms with van der Waals surface area (Å²) < 4.78 is 0. The third-order valence-corrected chi connectivity index (χ3v) is 4.84. The van der Waals surface area contributed by atoms with Crippen molar-refractivity contribution < 1.29 is 4.79 Å². The molecule has 2 aromatic heterocycles. The molecule has 1 aliphatic heterocycles. The van der Waals surface area contributed by atoms with Crippen LogP contribution in [0.2, 0.25) is 0 Å². The van der Waals surface area contributed by atoms with Crippen LogP contribution in [0.4, 0.5) is 11.1 Å². The summed E-state index contributed by atoms with van der Waals surface area (Å²) in [6.07, 6.45) is 1.62. The van der Waals surface area contributed by atoms with Gasteiger partial charge in [-0.25, -0.2) is 15.0 Å². The molecule has 0 aliphatic carbocycles. The topological polar surface area (TPSA) is 71.0 Å². The van der Waals surface area contributed by atoms with Crippen LogP contribution in [0.3, 0.4) is 0 Å². The van der Waals surface area contributed by atoms with Crippen molar-refractivity contribution in [2.75, 3.05) is 23.3 Å². The van der Waals surface area contributed by atoms with Gasteiger partial charge in [0.15, 0.2) is 5.13 Å². The summed E-state index contributed by atoms with van der Waals surface area (Å²) >= 11 is 1.47. The minimum absolute atomic E-state index is 0.0290. The molecule has 1 fully saturated rings. The lowest BCUT2D eigenvalue weighted by Gasteiger charge is -2.31. The lowest BCUT2D eigenvalue weighted by atomic mass is 9.96. The predicted octanol–water partition coefficient (Wildman–Crippen LogP) is 2.71. The van der Waals surface area contributed by atoms with Crippen molar-refractivity contribution >= 4 is 28.3 Å². The predicted molar refractivity (Wildman–Crippen MR) is 91.9 cm³/mol. The van der Waals surface area contributed by atoms with E-state index in [1.54, 1.807) is 0 Å². The monoisotopic (exact) mass is 331 g/mol. The smallest absolute Gasteiger partial charge is 0.229 e. The number of aryl methyl sites for hydroxylation is 3. The van der Waals surface area contributed by atoms with Crippen LogP contribution < -0.4 is 10.2 Å². The molecule has 0 aromatic carbocycles. The number of nitrogens with zero attached hydrogens (tertiary/aromatic N) is 4. The summed E-state index contributed by atoms with van der Waals surface area (Å²) in [7, 11) is 0. The van der Waals surface area contributed by atoms with Gasteiger partial charge in [-0.2, -0.15) is 0 Å². The fourth-order valence-electron chi connectivity index (χ4n) is 2.81. The van der Waals surface area contributed by atoms with Crippen LogP contribution in [0.5, 0.6) is 0 Å². The largest absolute Gasteiger partial charge is 0.341 e. The third-order valence-electron chi connectivity index (χ3n) is 3.97. The highest BCUT2D eigenvalue weighted by molar-refractivity contribution is 7.13. The molecule has 0 spiro atoms. The number of aromatic nitrogens is 3. The van der Waals surface area contributed by atoms with Gasteiger partial charge in [0, 0.05) is 35.8 Å². The molecule has 1 amide bonds. The Morgan fingerprint density at radius 3 is 2.35 bits per heavy atom. The van der Waals surface area contributed by atoms with Crippen molar-refractivity contribution in [2.45, 2.75) is 33.6 Å². The van der Waals surface area contributed by atoms with E-state index in [-0.39, 0.29) is 11.8 Å². The van der Waals surface area contributed by atoms with E-state index in [1.807, 2.05) is 32.2 Å². The van der Waals surface area contributed by atoms with E-state index in [0.717, 1.165) is 49.0 Å². The van der Waals surface area contributed by atoms with Gasteiger partial charge in [-0.05, 0) is 39.7 Å². The van der Waals surface area contributed by atoms with Gasteiger partial charge in [0.05, 0.1) is 5.69 Å². The molecule has 0 atom stereocenters. The Hall–Kier alpha value is -2.02. The molecule has 2 aromatic rings. The summed E-state index contributed by atoms with van der Waals surface area (Å²) in [6, 6.07) is 1.97. The molecule has 23 heavy (non-hydrogen) atoms. The second-order valence-corrected chi connectivity index (χ2v) is 6.85. The number of rotatable bonds is 3. The fraction of sp³-hybridized carbons (Fsp3) is 0.500. The molecular formula is C16H21N5OS. The van der Waals surface area contributed by atoms with Gasteiger partial charge in [-0.15, -0.1) is 11.3 Å². The lowest BCUT2D eigenvalue weighted by molar-refractivity contribution is -0.120. The Labute approximate surface area is 140 Å². The van der Waals surface area contributed by atoms with Crippen LogP contribution in [0.15, 0.2) is 11.4 Å². The van der Waals surface area contributed by atoms with E-state index in [1.165, 1.54) is 11.3 Å². The maximum absolute atomic E-state index is 12.3. The molecule has 1 N–H and O–H groups in total. The van der Waals surface area contributed by atoms with Crippen molar-refractivity contribution in [1.29, 1.82) is 0 Å². The summed E-state index contributed by atoms with van der Waals surface area (Å²) in [4.78, 5) is 27.8. The second kappa shape index (κ2) is 6.62. The highest BCUT2D eigenvalue weighted by Crippen LogP contribution is 2.23. The molecule has 3 heterocycles. The number of piperidine rings is 1. The molecule has 1 saturated heterocycles. The minimum Gasteiger partial charge on any atom is -0.341 e. The highest BCUT2D eigenvalue weighted by Gasteiger charge is 2.26. The summed E-state index contributed by atoms with van der Waals surface area (Å²) in [5, 5.41) is 5.55. The molecule has 3 rings (SSSR count). The maximum Gasteiger partial charge on any atom is 0.229 e. The quantitative estimate of drug-likeness (QED) is 0.936. The van der Waals surface area contributed by atoms with Crippen LogP contribution >= 0.6 is 11.3 Å². The number of anilines is 2. The number of amides is 1. The lowest BCUT2D eigenvalue weighted by Crippen LogP contribution is -2.39. The van der Waals surface area contributed by atoms with Crippen molar-refractivity contribution in [3.63, 3.8) is 0 Å². The Morgan fingerprint density at radius 1 is 1.13 bits per heavy atom. The zero-order chi connectivity index (χ0) is 16.4. The zero-order valence-corrected chi connectivity index (χ0v) is 14.5. The number of hydrogen-bond acceptors (Lipinski definition) is 6. The number of carbonyl (C=O) groups excluding carboxylic acids is 1. The van der Waals surface area contributed by atoms with E-state index in [9.17, 15) is 4.79 Å². The van der Waals surface area contributed by atoms with E-state index in [4.69, 9.17) is 0 Å². The van der Waals surface area contributed by atoms with Crippen LogP contribution in [0.1, 0.15) is 29.9 Å². The summed E-state index contributed by atoms with van der Waals surface area (Å²) in [5.74, 6) is 0.874. The molecule has 0 unspecified atom stereocenters. The fourth-order valence-corrected chi connectivity index (χ4v) is 3.50. The Bertz CT molecular complexity index is 686. The molecule has 0 radical (unpaired) electrons. The molecular weight excluding hydrogens is 310 g/mol. The van der Waals surface area contributed by atoms with E-state index < -0.39 is 0 Å². The second-order valence-electron chi connectivity index (χ2n) is 6.00. The minimum atomic E-state index is 0.0290. The van der Waals surface area contributed by atoms with Gasteiger partial charge in [0.1, 0.15) is 0 Å². The van der Waals surface area contributed by atoms with Crippen molar-refractivity contribution in [2.24, 2.45) is 5.92 Å². The normalized spacial score (nSPS) is 15.7. The number of hydrogen-bond donors (Lipinski definition) is 1. The average molecular weight is 331 g/mol. The third kappa shape index (κ3) is 3.85. The first-order valence-corrected chi connectivity index (χ1v) is 8.69. The van der Waals surface area contributed by atoms with E-state index in [0.29, 0.717) is 5.13 Å². The van der Waals surface area contributed by atoms with Gasteiger partial charge in [0.25, 0.3) is 0 Å². The van der Waals surface area contributed by atoms with Gasteiger partial charge >= 0.3 is 0 Å². The maximum atomic E-state index is 12.3. The summed E-state index contributed by atoms with van der Waals surface area (Å²) in [5.41, 5.74) is 2.89. The first-order chi connectivity index (χ1) is 11.0. The Morgan fingerprint density at radius 2 is 1.78 bits per heavy atom. The number of carbonyl (C=O) groups is 1. The number of nitrogens with one attached hydrogen (secondary N) is 1. The average Bonchev–Trinajstić information content (AvgIpc) is 2.91. The van der Waals surface area contributed by atoms with Crippen LogP contribution in [-0.4, -0.2) is 33.9 Å². The molecule has 1 aliphatic rings. The first kappa shape index (κ1) is 15.9. The van der Waals surface area contributed by atoms with Crippen molar-refractivity contribution in [3.8, 4) is 0 Å². The van der Waals surface area contributed by atoms with Crippen molar-refractivity contribution in [1.82, 2.24) is 15.0 Å². The zero-order valence-electron chi connectivity index (χ0n) is 13.7. The standard InChI is InChI=1S/C16H21N5OS/c1-10-8-11(2)18-15(17-10)21-6-4-13(5-7-21)14(22)20-16-19-12(3)9-23-16/h8-9,13H,4-7H2,1-3H3,(H,19,20,22). The Balaban J connectivity index is 1.58. The van der Waals surface area contributed by atoms with E-state index in [2.05, 4.69) is 25.2 Å². The molecule has 0 saturated carbocycles. The molecule has 6 nitrogen and oxygen atoms in total. The van der Waals surface area contributed by atoms with Crippen LogP contribution in [0, 0.1) is 26.7 Å². The van der Waals surface area contributed by atoms with Crippen molar-refractivity contribution in [3.05, 3.63) is 28.5 Å². The SMILES string of the molecule is Cc1cc(C)nc(N2CCC(C(=O)Nc3nc(C)cs3)CC2)n1. The molecule has 0 bridgehead atoms. The van der Waals surface area contributed by atoms with Gasteiger partial charge in [-0.1, -0.05) is 0 Å². The molecule has 122 valence electrons. The summed E-state index contributed by atoms with van der Waals surface area (Å²) in [6.45, 7) is 7.49. The highest BCUT2D eigenvalue weighted by atomic mass is 32.1. The van der Waals surface area contributed by atoms with Gasteiger partial charge in [-0.3, -0.25) is 4.79 Å². The van der Waals surface area contributed by atoms with E-state index >= 15 is 0 Å². The van der Waals surface area contributed by atoms with Crippen LogP contribution in [0.25, 0.3) is 0 Å². The Kier molecular flexibility index (Phi) is 4.56. The van der Waals surface area contributed by atoms with Gasteiger partial charge < -0.3 is 10.2 Å². The van der Waals surface area contributed by atoms with Gasteiger partial charge in [0.2, 0.25) is 11.9 Å².